The Morgan fingerprint density at radius 2 is 0.853 bits per heavy atom. The van der Waals surface area contributed by atoms with Crippen molar-refractivity contribution >= 4 is 16.6 Å². The first kappa shape index (κ1) is 28.8. The Morgan fingerprint density at radius 3 is 1.15 bits per heavy atom. The van der Waals surface area contributed by atoms with Crippen LogP contribution in [0.3, 0.4) is 0 Å². The minimum Gasteiger partial charge on any atom is -0.531 e. The summed E-state index contributed by atoms with van der Waals surface area (Å²) in [6.45, 7) is 30.3. The molecule has 0 radical (unpaired) electrons. The number of hydrogen-bond donors (Lipinski definition) is 0. The van der Waals surface area contributed by atoms with Gasteiger partial charge in [-0.15, -0.1) is 0 Å². The highest BCUT2D eigenvalue weighted by Gasteiger charge is 2.49. The number of rotatable bonds is 11. The van der Waals surface area contributed by atoms with E-state index in [1.807, 2.05) is 0 Å². The summed E-state index contributed by atoms with van der Waals surface area (Å²) in [6.07, 6.45) is 0. The van der Waals surface area contributed by atoms with Crippen LogP contribution < -0.4 is 8.85 Å². The van der Waals surface area contributed by atoms with Gasteiger partial charge in [-0.3, -0.25) is 4.57 Å². The SMILES string of the molecule is Cc1ccccc1-n1c(O[Si](C(C)C)(C(C)C)C(C)C)ccc1O[Si](C(C)C)(C(C)C)C(C)C. The molecule has 0 bridgehead atoms. The van der Waals surface area contributed by atoms with Gasteiger partial charge in [0.2, 0.25) is 0 Å². The van der Waals surface area contributed by atoms with Gasteiger partial charge < -0.3 is 8.85 Å². The van der Waals surface area contributed by atoms with Crippen molar-refractivity contribution < 1.29 is 8.85 Å². The Morgan fingerprint density at radius 1 is 0.529 bits per heavy atom. The highest BCUT2D eigenvalue weighted by molar-refractivity contribution is 6.78. The van der Waals surface area contributed by atoms with Crippen LogP contribution in [0.25, 0.3) is 5.69 Å². The molecular formula is C29H51NO2Si2. The van der Waals surface area contributed by atoms with Gasteiger partial charge in [-0.05, 0) is 51.8 Å². The average Bonchev–Trinajstić information content (AvgIpc) is 3.10. The van der Waals surface area contributed by atoms with Gasteiger partial charge in [0.05, 0.1) is 5.69 Å². The van der Waals surface area contributed by atoms with Crippen LogP contribution in [0.4, 0.5) is 0 Å². The predicted molar refractivity (Wildman–Crippen MR) is 154 cm³/mol. The minimum atomic E-state index is -2.13. The summed E-state index contributed by atoms with van der Waals surface area (Å²) in [5, 5.41) is 0. The molecule has 0 fully saturated rings. The van der Waals surface area contributed by atoms with Gasteiger partial charge in [-0.25, -0.2) is 0 Å². The smallest absolute Gasteiger partial charge is 0.260 e. The number of aromatic nitrogens is 1. The van der Waals surface area contributed by atoms with E-state index in [9.17, 15) is 0 Å². The maximum Gasteiger partial charge on any atom is 0.260 e. The lowest BCUT2D eigenvalue weighted by atomic mass is 10.2. The molecule has 0 amide bonds. The first-order valence-corrected chi connectivity index (χ1v) is 17.7. The highest BCUT2D eigenvalue weighted by atomic mass is 28.4. The lowest BCUT2D eigenvalue weighted by Gasteiger charge is -2.43. The second-order valence-corrected chi connectivity index (χ2v) is 22.7. The Labute approximate surface area is 212 Å². The summed E-state index contributed by atoms with van der Waals surface area (Å²) in [7, 11) is -4.25. The van der Waals surface area contributed by atoms with Crippen LogP contribution in [-0.2, 0) is 0 Å². The molecular weight excluding hydrogens is 450 g/mol. The van der Waals surface area contributed by atoms with E-state index in [0.717, 1.165) is 17.4 Å². The molecule has 0 aliphatic rings. The van der Waals surface area contributed by atoms with Crippen LogP contribution in [0, 0.1) is 6.92 Å². The van der Waals surface area contributed by atoms with Crippen molar-refractivity contribution in [1.29, 1.82) is 0 Å². The zero-order chi connectivity index (χ0) is 26.0. The standard InChI is InChI=1S/C29H51NO2Si2/c1-20(2)33(21(3)4,22(5)6)31-28-18-19-29(30(28)27-17-15-14-16-26(27)13)32-34(23(7)8,24(9)10)25(11)12/h14-25H,1-13H3. The van der Waals surface area contributed by atoms with E-state index in [4.69, 9.17) is 8.85 Å². The van der Waals surface area contributed by atoms with E-state index in [-0.39, 0.29) is 0 Å². The molecule has 0 spiro atoms. The lowest BCUT2D eigenvalue weighted by molar-refractivity contribution is 0.424. The van der Waals surface area contributed by atoms with E-state index in [0.29, 0.717) is 33.2 Å². The Balaban J connectivity index is 2.79. The van der Waals surface area contributed by atoms with Crippen molar-refractivity contribution in [2.75, 3.05) is 0 Å². The van der Waals surface area contributed by atoms with E-state index in [2.05, 4.69) is 131 Å². The molecule has 1 heterocycles. The number of aryl methyl sites for hydroxylation is 1. The number of hydrogen-bond acceptors (Lipinski definition) is 2. The van der Waals surface area contributed by atoms with Crippen molar-refractivity contribution in [3.63, 3.8) is 0 Å². The molecule has 5 heteroatoms. The van der Waals surface area contributed by atoms with E-state index >= 15 is 0 Å². The van der Waals surface area contributed by atoms with Gasteiger partial charge in [0, 0.05) is 12.1 Å². The van der Waals surface area contributed by atoms with Gasteiger partial charge in [-0.2, -0.15) is 0 Å². The monoisotopic (exact) mass is 501 g/mol. The molecule has 2 aromatic rings. The third-order valence-electron chi connectivity index (χ3n) is 8.14. The molecule has 0 saturated heterocycles. The van der Waals surface area contributed by atoms with Gasteiger partial charge in [0.25, 0.3) is 16.6 Å². The van der Waals surface area contributed by atoms with Crippen molar-refractivity contribution in [3.05, 3.63) is 42.0 Å². The molecule has 0 N–H and O–H groups in total. The average molecular weight is 502 g/mol. The second kappa shape index (κ2) is 11.1. The molecule has 0 saturated carbocycles. The fraction of sp³-hybridized carbons (Fsp3) is 0.655. The molecule has 192 valence electrons. The third-order valence-corrected chi connectivity index (χ3v) is 20.1. The summed E-state index contributed by atoms with van der Waals surface area (Å²) in [4.78, 5) is 0. The van der Waals surface area contributed by atoms with Gasteiger partial charge in [0.15, 0.2) is 11.8 Å². The maximum atomic E-state index is 7.24. The summed E-state index contributed by atoms with van der Waals surface area (Å²) >= 11 is 0. The molecule has 1 aromatic carbocycles. The van der Waals surface area contributed by atoms with Crippen LogP contribution >= 0.6 is 0 Å². The van der Waals surface area contributed by atoms with Gasteiger partial charge in [0.1, 0.15) is 0 Å². The van der Waals surface area contributed by atoms with Crippen LogP contribution in [0.1, 0.15) is 88.6 Å². The van der Waals surface area contributed by atoms with Crippen LogP contribution in [0.5, 0.6) is 11.8 Å². The number of nitrogens with zero attached hydrogens (tertiary/aromatic N) is 1. The van der Waals surface area contributed by atoms with Crippen molar-refractivity contribution in [3.8, 4) is 17.4 Å². The highest BCUT2D eigenvalue weighted by Crippen LogP contribution is 2.47. The molecule has 0 aliphatic heterocycles. The van der Waals surface area contributed by atoms with Crippen molar-refractivity contribution in [2.45, 2.75) is 123 Å². The number of para-hydroxylation sites is 1. The van der Waals surface area contributed by atoms with Gasteiger partial charge in [-0.1, -0.05) is 101 Å². The quantitative estimate of drug-likeness (QED) is 0.286. The largest absolute Gasteiger partial charge is 0.531 e. The van der Waals surface area contributed by atoms with E-state index in [1.165, 1.54) is 5.56 Å². The van der Waals surface area contributed by atoms with Crippen molar-refractivity contribution in [1.82, 2.24) is 4.57 Å². The van der Waals surface area contributed by atoms with Crippen molar-refractivity contribution in [2.24, 2.45) is 0 Å². The van der Waals surface area contributed by atoms with Crippen LogP contribution in [-0.4, -0.2) is 21.2 Å². The van der Waals surface area contributed by atoms with E-state index < -0.39 is 16.6 Å². The topological polar surface area (TPSA) is 23.4 Å². The normalized spacial score (nSPS) is 13.3. The summed E-state index contributed by atoms with van der Waals surface area (Å²) in [6, 6.07) is 12.9. The van der Waals surface area contributed by atoms with Crippen LogP contribution in [0.2, 0.25) is 33.2 Å². The molecule has 0 aliphatic carbocycles. The molecule has 3 nitrogen and oxygen atoms in total. The molecule has 34 heavy (non-hydrogen) atoms. The molecule has 2 rings (SSSR count). The Kier molecular flexibility index (Phi) is 9.37. The summed E-state index contributed by atoms with van der Waals surface area (Å²) < 4.78 is 16.8. The Bertz CT molecular complexity index is 833. The zero-order valence-electron chi connectivity index (χ0n) is 24.2. The third kappa shape index (κ3) is 5.06. The number of benzene rings is 1. The summed E-state index contributed by atoms with van der Waals surface area (Å²) in [5.74, 6) is 1.87. The first-order valence-electron chi connectivity index (χ1n) is 13.4. The Hall–Kier alpha value is -1.47. The lowest BCUT2D eigenvalue weighted by Crippen LogP contribution is -2.51. The first-order chi connectivity index (χ1) is 15.7. The molecule has 0 atom stereocenters. The second-order valence-electron chi connectivity index (χ2n) is 12.0. The predicted octanol–water partition coefficient (Wildman–Crippen LogP) is 9.89. The zero-order valence-corrected chi connectivity index (χ0v) is 26.2. The fourth-order valence-electron chi connectivity index (χ4n) is 6.68. The summed E-state index contributed by atoms with van der Waals surface area (Å²) in [5.41, 5.74) is 5.42. The maximum absolute atomic E-state index is 7.24. The van der Waals surface area contributed by atoms with Crippen LogP contribution in [0.15, 0.2) is 36.4 Å². The van der Waals surface area contributed by atoms with E-state index in [1.54, 1.807) is 0 Å². The minimum absolute atomic E-state index is 0.507. The molecule has 0 unspecified atom stereocenters. The fourth-order valence-corrected chi connectivity index (χ4v) is 17.1. The van der Waals surface area contributed by atoms with Gasteiger partial charge >= 0.3 is 0 Å². The molecule has 1 aromatic heterocycles.